The maximum atomic E-state index is 12.2. The van der Waals surface area contributed by atoms with Crippen LogP contribution in [0.1, 0.15) is 23.2 Å². The Morgan fingerprint density at radius 1 is 1.04 bits per heavy atom. The highest BCUT2D eigenvalue weighted by Crippen LogP contribution is 2.13. The molecule has 2 amide bonds. The molecule has 0 spiro atoms. The summed E-state index contributed by atoms with van der Waals surface area (Å²) in [7, 11) is 0. The first-order valence-electron chi connectivity index (χ1n) is 8.89. The zero-order chi connectivity index (χ0) is 19.1. The van der Waals surface area contributed by atoms with E-state index in [0.29, 0.717) is 17.8 Å². The molecular weight excluding hydrogens is 457 g/mol. The minimum Gasteiger partial charge on any atom is -0.376 e. The standard InChI is InChI=1S/C20H22IN3O3/c21-15-5-9-16(10-6-15)22-13-19(25)24-17-7-3-14(4-8-17)20(26)23-12-18-2-1-11-27-18/h3-10,18,22H,1-2,11-13H2,(H,23,26)(H,24,25). The maximum absolute atomic E-state index is 12.2. The quantitative estimate of drug-likeness (QED) is 0.533. The van der Waals surface area contributed by atoms with Crippen molar-refractivity contribution >= 4 is 45.8 Å². The number of halogens is 1. The van der Waals surface area contributed by atoms with E-state index in [-0.39, 0.29) is 24.5 Å². The molecule has 0 bridgehead atoms. The number of benzene rings is 2. The number of ether oxygens (including phenoxy) is 1. The lowest BCUT2D eigenvalue weighted by Crippen LogP contribution is -2.31. The van der Waals surface area contributed by atoms with Crippen LogP contribution in [0.25, 0.3) is 0 Å². The summed E-state index contributed by atoms with van der Waals surface area (Å²) in [4.78, 5) is 24.2. The molecule has 3 N–H and O–H groups in total. The Bertz CT molecular complexity index is 772. The van der Waals surface area contributed by atoms with Crippen LogP contribution in [-0.2, 0) is 9.53 Å². The van der Waals surface area contributed by atoms with Crippen molar-refractivity contribution in [1.29, 1.82) is 0 Å². The van der Waals surface area contributed by atoms with Gasteiger partial charge in [-0.15, -0.1) is 0 Å². The number of carbonyl (C=O) groups excluding carboxylic acids is 2. The largest absolute Gasteiger partial charge is 0.376 e. The molecule has 0 radical (unpaired) electrons. The summed E-state index contributed by atoms with van der Waals surface area (Å²) < 4.78 is 6.64. The molecule has 3 rings (SSSR count). The molecule has 1 atom stereocenters. The molecule has 0 aromatic heterocycles. The zero-order valence-electron chi connectivity index (χ0n) is 14.8. The summed E-state index contributed by atoms with van der Waals surface area (Å²) in [5.41, 5.74) is 2.10. The smallest absolute Gasteiger partial charge is 0.251 e. The SMILES string of the molecule is O=C(CNc1ccc(I)cc1)Nc1ccc(C(=O)NCC2CCCO2)cc1. The summed E-state index contributed by atoms with van der Waals surface area (Å²) in [6, 6.07) is 14.7. The molecular formula is C20H22IN3O3. The Balaban J connectivity index is 1.44. The van der Waals surface area contributed by atoms with Crippen molar-refractivity contribution in [2.75, 3.05) is 30.3 Å². The van der Waals surface area contributed by atoms with E-state index in [1.807, 2.05) is 24.3 Å². The van der Waals surface area contributed by atoms with Crippen LogP contribution in [0.3, 0.4) is 0 Å². The van der Waals surface area contributed by atoms with Crippen LogP contribution < -0.4 is 16.0 Å². The van der Waals surface area contributed by atoms with Gasteiger partial charge in [0.2, 0.25) is 5.91 Å². The van der Waals surface area contributed by atoms with Crippen molar-refractivity contribution in [3.63, 3.8) is 0 Å². The highest BCUT2D eigenvalue weighted by Gasteiger charge is 2.16. The summed E-state index contributed by atoms with van der Waals surface area (Å²) in [5.74, 6) is -0.284. The van der Waals surface area contributed by atoms with Crippen LogP contribution in [0.15, 0.2) is 48.5 Å². The first-order chi connectivity index (χ1) is 13.1. The molecule has 1 aliphatic rings. The van der Waals surface area contributed by atoms with Gasteiger partial charge in [0.05, 0.1) is 12.6 Å². The molecule has 1 heterocycles. The first-order valence-corrected chi connectivity index (χ1v) is 9.97. The molecule has 1 aliphatic heterocycles. The van der Waals surface area contributed by atoms with Crippen LogP contribution in [0, 0.1) is 3.57 Å². The molecule has 1 fully saturated rings. The van der Waals surface area contributed by atoms with E-state index in [1.54, 1.807) is 24.3 Å². The summed E-state index contributed by atoms with van der Waals surface area (Å²) in [5, 5.41) is 8.77. The van der Waals surface area contributed by atoms with E-state index in [0.717, 1.165) is 28.7 Å². The van der Waals surface area contributed by atoms with E-state index in [1.165, 1.54) is 0 Å². The van der Waals surface area contributed by atoms with Gasteiger partial charge in [0, 0.05) is 33.7 Å². The molecule has 142 valence electrons. The van der Waals surface area contributed by atoms with Crippen LogP contribution in [0.4, 0.5) is 11.4 Å². The number of anilines is 2. The molecule has 6 nitrogen and oxygen atoms in total. The average Bonchev–Trinajstić information content (AvgIpc) is 3.20. The molecule has 2 aromatic rings. The van der Waals surface area contributed by atoms with Gasteiger partial charge in [-0.25, -0.2) is 0 Å². The van der Waals surface area contributed by atoms with Gasteiger partial charge in [-0.1, -0.05) is 0 Å². The van der Waals surface area contributed by atoms with Gasteiger partial charge >= 0.3 is 0 Å². The van der Waals surface area contributed by atoms with Crippen LogP contribution in [-0.4, -0.2) is 37.6 Å². The lowest BCUT2D eigenvalue weighted by Gasteiger charge is -2.11. The third kappa shape index (κ3) is 6.21. The first kappa shape index (κ1) is 19.6. The van der Waals surface area contributed by atoms with Crippen LogP contribution in [0.2, 0.25) is 0 Å². The van der Waals surface area contributed by atoms with Gasteiger partial charge in [-0.2, -0.15) is 0 Å². The van der Waals surface area contributed by atoms with Crippen molar-refractivity contribution in [3.8, 4) is 0 Å². The highest BCUT2D eigenvalue weighted by atomic mass is 127. The van der Waals surface area contributed by atoms with Crippen molar-refractivity contribution in [3.05, 3.63) is 57.7 Å². The Morgan fingerprint density at radius 2 is 1.74 bits per heavy atom. The predicted molar refractivity (Wildman–Crippen MR) is 114 cm³/mol. The van der Waals surface area contributed by atoms with Gasteiger partial charge in [-0.05, 0) is 84.0 Å². The molecule has 1 saturated heterocycles. The van der Waals surface area contributed by atoms with Crippen molar-refractivity contribution < 1.29 is 14.3 Å². The Morgan fingerprint density at radius 3 is 2.41 bits per heavy atom. The second-order valence-electron chi connectivity index (χ2n) is 6.33. The predicted octanol–water partition coefficient (Wildman–Crippen LogP) is 3.25. The van der Waals surface area contributed by atoms with E-state index >= 15 is 0 Å². The topological polar surface area (TPSA) is 79.5 Å². The second-order valence-corrected chi connectivity index (χ2v) is 7.58. The fourth-order valence-electron chi connectivity index (χ4n) is 2.77. The molecule has 0 saturated carbocycles. The lowest BCUT2D eigenvalue weighted by atomic mass is 10.2. The Hall–Kier alpha value is -2.13. The molecule has 27 heavy (non-hydrogen) atoms. The number of hydrogen-bond acceptors (Lipinski definition) is 4. The van der Waals surface area contributed by atoms with Gasteiger partial charge in [-0.3, -0.25) is 9.59 Å². The summed E-state index contributed by atoms with van der Waals surface area (Å²) >= 11 is 2.23. The Labute approximate surface area is 172 Å². The minimum absolute atomic E-state index is 0.119. The van der Waals surface area contributed by atoms with Crippen molar-refractivity contribution in [2.45, 2.75) is 18.9 Å². The van der Waals surface area contributed by atoms with Gasteiger partial charge in [0.25, 0.3) is 5.91 Å². The normalized spacial score (nSPS) is 16.0. The maximum Gasteiger partial charge on any atom is 0.251 e. The number of rotatable bonds is 7. The molecule has 1 unspecified atom stereocenters. The lowest BCUT2D eigenvalue weighted by molar-refractivity contribution is -0.114. The Kier molecular flexibility index (Phi) is 7.05. The number of hydrogen-bond donors (Lipinski definition) is 3. The van der Waals surface area contributed by atoms with Crippen molar-refractivity contribution in [1.82, 2.24) is 5.32 Å². The molecule has 7 heteroatoms. The fraction of sp³-hybridized carbons (Fsp3) is 0.300. The summed E-state index contributed by atoms with van der Waals surface area (Å²) in [6.45, 7) is 1.47. The van der Waals surface area contributed by atoms with Crippen LogP contribution in [0.5, 0.6) is 0 Å². The van der Waals surface area contributed by atoms with Crippen molar-refractivity contribution in [2.24, 2.45) is 0 Å². The third-order valence-electron chi connectivity index (χ3n) is 4.24. The number of nitrogens with one attached hydrogen (secondary N) is 3. The molecule has 2 aromatic carbocycles. The van der Waals surface area contributed by atoms with E-state index in [2.05, 4.69) is 38.5 Å². The minimum atomic E-state index is -0.149. The summed E-state index contributed by atoms with van der Waals surface area (Å²) in [6.07, 6.45) is 2.16. The van der Waals surface area contributed by atoms with Crippen LogP contribution >= 0.6 is 22.6 Å². The van der Waals surface area contributed by atoms with E-state index in [4.69, 9.17) is 4.74 Å². The van der Waals surface area contributed by atoms with E-state index in [9.17, 15) is 9.59 Å². The van der Waals surface area contributed by atoms with Gasteiger partial charge < -0.3 is 20.7 Å². The fourth-order valence-corrected chi connectivity index (χ4v) is 3.13. The van der Waals surface area contributed by atoms with Gasteiger partial charge in [0.15, 0.2) is 0 Å². The highest BCUT2D eigenvalue weighted by molar-refractivity contribution is 14.1. The molecule has 0 aliphatic carbocycles. The zero-order valence-corrected chi connectivity index (χ0v) is 17.0. The van der Waals surface area contributed by atoms with E-state index < -0.39 is 0 Å². The number of carbonyl (C=O) groups is 2. The third-order valence-corrected chi connectivity index (χ3v) is 4.96. The monoisotopic (exact) mass is 479 g/mol. The average molecular weight is 479 g/mol. The van der Waals surface area contributed by atoms with Gasteiger partial charge in [0.1, 0.15) is 0 Å². The second kappa shape index (κ2) is 9.70. The number of amides is 2.